The summed E-state index contributed by atoms with van der Waals surface area (Å²) in [5, 5.41) is 8.88. The van der Waals surface area contributed by atoms with Crippen LogP contribution in [0.25, 0.3) is 22.3 Å². The van der Waals surface area contributed by atoms with Crippen molar-refractivity contribution in [3.05, 3.63) is 193 Å². The molecule has 0 radical (unpaired) electrons. The van der Waals surface area contributed by atoms with Crippen LogP contribution in [0.3, 0.4) is 0 Å². The summed E-state index contributed by atoms with van der Waals surface area (Å²) < 4.78 is 30.9. The van der Waals surface area contributed by atoms with Gasteiger partial charge in [0, 0.05) is 11.6 Å². The lowest BCUT2D eigenvalue weighted by molar-refractivity contribution is -0.145. The molecule has 60 heavy (non-hydrogen) atoms. The van der Waals surface area contributed by atoms with Crippen LogP contribution >= 0.6 is 0 Å². The molecule has 0 saturated heterocycles. The van der Waals surface area contributed by atoms with E-state index in [0.717, 1.165) is 28.3 Å². The van der Waals surface area contributed by atoms with E-state index in [4.69, 9.17) is 33.7 Å². The Bertz CT molecular complexity index is 2470. The zero-order chi connectivity index (χ0) is 42.9. The molecular weight excluding hydrogens is 763 g/mol. The number of esters is 4. The highest BCUT2D eigenvalue weighted by atomic mass is 16.7. The Kier molecular flexibility index (Phi) is 15.3. The van der Waals surface area contributed by atoms with Gasteiger partial charge in [-0.05, 0) is 121 Å². The molecule has 0 amide bonds. The Balaban J connectivity index is 0.000000228. The first-order chi connectivity index (χ1) is 29.0. The van der Waals surface area contributed by atoms with Gasteiger partial charge in [0.25, 0.3) is 0 Å². The van der Waals surface area contributed by atoms with Crippen LogP contribution in [0.5, 0.6) is 23.0 Å². The third kappa shape index (κ3) is 12.9. The predicted octanol–water partition coefficient (Wildman–Crippen LogP) is 9.85. The quantitative estimate of drug-likeness (QED) is 0.0449. The lowest BCUT2D eigenvalue weighted by atomic mass is 10.0. The van der Waals surface area contributed by atoms with Gasteiger partial charge in [0.2, 0.25) is 13.6 Å². The minimum absolute atomic E-state index is 0.234. The SMILES string of the molecule is C=C(C)C(=O)OCOc1ccc(C(=O)Oc2ccc(-c3ccc(C#N)cc3)cc2)cc1.C=CC(=O)OCOc1ccc(C(=O)Oc2ccc(-c3ccc(C)cc3)cc2)cc1. The smallest absolute Gasteiger partial charge is 0.343 e. The topological polar surface area (TPSA) is 147 Å². The molecule has 6 aromatic carbocycles. The third-order valence-corrected chi connectivity index (χ3v) is 8.40. The maximum absolute atomic E-state index is 12.4. The molecule has 0 atom stereocenters. The molecule has 11 heteroatoms. The van der Waals surface area contributed by atoms with Crippen LogP contribution in [0.1, 0.15) is 38.8 Å². The number of ether oxygens (including phenoxy) is 6. The molecule has 6 aromatic rings. The standard InChI is InChI=1S/C25H19NO5.C24H20O5/c1-17(2)24(27)30-16-29-22-11-9-21(10-12-22)25(28)31-23-13-7-20(8-14-23)19-5-3-18(15-26)4-6-19;1-3-23(25)28-16-27-21-12-10-20(11-13-21)24(26)29-22-14-8-19(9-15-22)18-6-4-17(2)5-7-18/h3-14H,1,16H2,2H3;3-15H,1,16H2,2H3. The summed E-state index contributed by atoms with van der Waals surface area (Å²) in [6, 6.07) is 44.6. The van der Waals surface area contributed by atoms with E-state index in [1.54, 1.807) is 91.9 Å². The van der Waals surface area contributed by atoms with E-state index in [0.29, 0.717) is 39.7 Å². The van der Waals surface area contributed by atoms with E-state index in [-0.39, 0.29) is 19.2 Å². The van der Waals surface area contributed by atoms with Crippen molar-refractivity contribution in [2.24, 2.45) is 0 Å². The second kappa shape index (κ2) is 21.3. The summed E-state index contributed by atoms with van der Waals surface area (Å²) >= 11 is 0. The molecule has 0 aliphatic rings. The van der Waals surface area contributed by atoms with Gasteiger partial charge in [-0.1, -0.05) is 79.4 Å². The molecule has 0 spiro atoms. The fraction of sp³-hybridized carbons (Fsp3) is 0.0816. The number of benzene rings is 6. The molecule has 0 unspecified atom stereocenters. The Hall–Kier alpha value is -8.23. The van der Waals surface area contributed by atoms with Gasteiger partial charge < -0.3 is 28.4 Å². The molecular formula is C49H39NO10. The second-order valence-corrected chi connectivity index (χ2v) is 12.8. The maximum atomic E-state index is 12.4. The molecule has 6 rings (SSSR count). The highest BCUT2D eigenvalue weighted by Gasteiger charge is 2.12. The van der Waals surface area contributed by atoms with Crippen molar-refractivity contribution in [2.45, 2.75) is 13.8 Å². The van der Waals surface area contributed by atoms with Gasteiger partial charge in [-0.3, -0.25) is 0 Å². The molecule has 0 heterocycles. The molecule has 300 valence electrons. The van der Waals surface area contributed by atoms with Crippen molar-refractivity contribution < 1.29 is 47.6 Å². The van der Waals surface area contributed by atoms with Gasteiger partial charge >= 0.3 is 23.9 Å². The van der Waals surface area contributed by atoms with Crippen LogP contribution in [-0.2, 0) is 19.1 Å². The summed E-state index contributed by atoms with van der Waals surface area (Å²) in [6.07, 6.45) is 1.05. The number of aryl methyl sites for hydroxylation is 1. The van der Waals surface area contributed by atoms with E-state index < -0.39 is 23.9 Å². The fourth-order valence-electron chi connectivity index (χ4n) is 5.11. The zero-order valence-electron chi connectivity index (χ0n) is 32.8. The number of rotatable bonds is 14. The molecule has 0 aliphatic carbocycles. The van der Waals surface area contributed by atoms with Gasteiger partial charge in [-0.2, -0.15) is 5.26 Å². The van der Waals surface area contributed by atoms with Crippen LogP contribution in [0, 0.1) is 18.3 Å². The summed E-state index contributed by atoms with van der Waals surface area (Å²) in [5.74, 6) is -0.316. The van der Waals surface area contributed by atoms with Gasteiger partial charge in [-0.25, -0.2) is 19.2 Å². The number of hydrogen-bond donors (Lipinski definition) is 0. The average Bonchev–Trinajstić information content (AvgIpc) is 3.27. The van der Waals surface area contributed by atoms with Crippen molar-refractivity contribution in [1.29, 1.82) is 5.26 Å². The van der Waals surface area contributed by atoms with Crippen molar-refractivity contribution in [2.75, 3.05) is 13.6 Å². The molecule has 0 aromatic heterocycles. The van der Waals surface area contributed by atoms with Crippen molar-refractivity contribution in [3.63, 3.8) is 0 Å². The van der Waals surface area contributed by atoms with E-state index in [1.807, 2.05) is 43.3 Å². The van der Waals surface area contributed by atoms with Crippen LogP contribution in [0.15, 0.2) is 170 Å². The molecule has 0 N–H and O–H groups in total. The summed E-state index contributed by atoms with van der Waals surface area (Å²) in [7, 11) is 0. The predicted molar refractivity (Wildman–Crippen MR) is 224 cm³/mol. The summed E-state index contributed by atoms with van der Waals surface area (Å²) in [6.45, 7) is 9.88. The van der Waals surface area contributed by atoms with Crippen molar-refractivity contribution >= 4 is 23.9 Å². The highest BCUT2D eigenvalue weighted by Crippen LogP contribution is 2.25. The van der Waals surface area contributed by atoms with Crippen molar-refractivity contribution in [1.82, 2.24) is 0 Å². The Morgan fingerprint density at radius 2 is 0.917 bits per heavy atom. The van der Waals surface area contributed by atoms with E-state index >= 15 is 0 Å². The lowest BCUT2D eigenvalue weighted by Gasteiger charge is -2.09. The molecule has 0 fully saturated rings. The largest absolute Gasteiger partial charge is 0.457 e. The van der Waals surface area contributed by atoms with Gasteiger partial charge in [0.1, 0.15) is 23.0 Å². The Labute approximate surface area is 347 Å². The van der Waals surface area contributed by atoms with Crippen LogP contribution in [0.2, 0.25) is 0 Å². The van der Waals surface area contributed by atoms with Crippen LogP contribution in [0.4, 0.5) is 0 Å². The van der Waals surface area contributed by atoms with Crippen LogP contribution in [-0.4, -0.2) is 37.5 Å². The Morgan fingerprint density at radius 3 is 1.30 bits per heavy atom. The number of hydrogen-bond acceptors (Lipinski definition) is 11. The van der Waals surface area contributed by atoms with E-state index in [1.165, 1.54) is 5.56 Å². The zero-order valence-corrected chi connectivity index (χ0v) is 32.8. The number of carbonyl (C=O) groups excluding carboxylic acids is 4. The molecule has 0 aliphatic heterocycles. The minimum atomic E-state index is -0.571. The Morgan fingerprint density at radius 1 is 0.550 bits per heavy atom. The molecule has 11 nitrogen and oxygen atoms in total. The number of nitriles is 1. The normalized spacial score (nSPS) is 10.0. The highest BCUT2D eigenvalue weighted by molar-refractivity contribution is 5.92. The van der Waals surface area contributed by atoms with E-state index in [2.05, 4.69) is 43.5 Å². The first-order valence-corrected chi connectivity index (χ1v) is 18.3. The number of carbonyl (C=O) groups is 4. The molecule has 0 saturated carbocycles. The van der Waals surface area contributed by atoms with Gasteiger partial charge in [0.05, 0.1) is 22.8 Å². The summed E-state index contributed by atoms with van der Waals surface area (Å²) in [4.78, 5) is 46.9. The second-order valence-electron chi connectivity index (χ2n) is 12.8. The average molecular weight is 802 g/mol. The summed E-state index contributed by atoms with van der Waals surface area (Å²) in [5.41, 5.74) is 6.86. The van der Waals surface area contributed by atoms with Crippen molar-refractivity contribution in [3.8, 4) is 51.3 Å². The maximum Gasteiger partial charge on any atom is 0.343 e. The van der Waals surface area contributed by atoms with E-state index in [9.17, 15) is 19.2 Å². The monoisotopic (exact) mass is 801 g/mol. The minimum Gasteiger partial charge on any atom is -0.457 e. The van der Waals surface area contributed by atoms with Gasteiger partial charge in [-0.15, -0.1) is 0 Å². The van der Waals surface area contributed by atoms with Crippen LogP contribution < -0.4 is 18.9 Å². The third-order valence-electron chi connectivity index (χ3n) is 8.40. The fourth-order valence-corrected chi connectivity index (χ4v) is 5.11. The first-order valence-electron chi connectivity index (χ1n) is 18.3. The first kappa shape index (κ1) is 42.9. The van der Waals surface area contributed by atoms with Gasteiger partial charge in [0.15, 0.2) is 0 Å². The molecule has 0 bridgehead atoms. The number of nitrogens with zero attached hydrogens (tertiary/aromatic N) is 1. The lowest BCUT2D eigenvalue weighted by Crippen LogP contribution is -2.11.